The van der Waals surface area contributed by atoms with E-state index in [1.54, 1.807) is 6.07 Å². The van der Waals surface area contributed by atoms with Crippen molar-refractivity contribution in [1.29, 1.82) is 0 Å². The SMILES string of the molecule is Cc1cc(-c2c(F)cc(N3C[C@@H](C)O[C@@H](C)C3)cc2CNC(=O)C2CCC2)cc(C)n1. The number of carbonyl (C=O) groups excluding carboxylic acids is 1. The van der Waals surface area contributed by atoms with E-state index >= 15 is 4.39 Å². The summed E-state index contributed by atoms with van der Waals surface area (Å²) in [6, 6.07) is 7.44. The first-order valence-corrected chi connectivity index (χ1v) is 11.3. The Balaban J connectivity index is 1.71. The smallest absolute Gasteiger partial charge is 0.223 e. The van der Waals surface area contributed by atoms with Gasteiger partial charge in [0.15, 0.2) is 0 Å². The molecular formula is C25H32FN3O2. The Morgan fingerprint density at radius 2 is 1.77 bits per heavy atom. The van der Waals surface area contributed by atoms with Gasteiger partial charge >= 0.3 is 0 Å². The van der Waals surface area contributed by atoms with Crippen LogP contribution in [0.15, 0.2) is 24.3 Å². The van der Waals surface area contributed by atoms with Gasteiger partial charge in [-0.2, -0.15) is 0 Å². The predicted molar refractivity (Wildman–Crippen MR) is 121 cm³/mol. The van der Waals surface area contributed by atoms with E-state index in [1.165, 1.54) is 0 Å². The van der Waals surface area contributed by atoms with E-state index in [9.17, 15) is 4.79 Å². The lowest BCUT2D eigenvalue weighted by molar-refractivity contribution is -0.127. The molecule has 4 rings (SSSR count). The zero-order valence-electron chi connectivity index (χ0n) is 18.9. The van der Waals surface area contributed by atoms with Gasteiger partial charge in [0.05, 0.1) is 12.2 Å². The molecule has 2 fully saturated rings. The van der Waals surface area contributed by atoms with Gasteiger partial charge < -0.3 is 15.0 Å². The van der Waals surface area contributed by atoms with E-state index < -0.39 is 0 Å². The van der Waals surface area contributed by atoms with Gasteiger partial charge in [0, 0.05) is 48.2 Å². The van der Waals surface area contributed by atoms with Crippen LogP contribution in [0.4, 0.5) is 10.1 Å². The molecule has 2 heterocycles. The number of pyridine rings is 1. The van der Waals surface area contributed by atoms with E-state index in [2.05, 4.69) is 15.2 Å². The second-order valence-electron chi connectivity index (χ2n) is 9.11. The van der Waals surface area contributed by atoms with E-state index in [4.69, 9.17) is 4.74 Å². The quantitative estimate of drug-likeness (QED) is 0.765. The van der Waals surface area contributed by atoms with E-state index in [1.807, 2.05) is 45.9 Å². The van der Waals surface area contributed by atoms with Gasteiger partial charge in [-0.1, -0.05) is 6.42 Å². The summed E-state index contributed by atoms with van der Waals surface area (Å²) < 4.78 is 21.4. The van der Waals surface area contributed by atoms with Crippen LogP contribution in [0.2, 0.25) is 0 Å². The summed E-state index contributed by atoms with van der Waals surface area (Å²) in [6.07, 6.45) is 3.16. The van der Waals surface area contributed by atoms with Gasteiger partial charge in [-0.25, -0.2) is 4.39 Å². The molecule has 2 aromatic rings. The monoisotopic (exact) mass is 425 g/mol. The van der Waals surface area contributed by atoms with Gasteiger partial charge in [-0.05, 0) is 75.9 Å². The lowest BCUT2D eigenvalue weighted by Crippen LogP contribution is -2.45. The second kappa shape index (κ2) is 8.95. The first-order valence-electron chi connectivity index (χ1n) is 11.3. The van der Waals surface area contributed by atoms with Crippen LogP contribution in [-0.4, -0.2) is 36.2 Å². The average Bonchev–Trinajstić information content (AvgIpc) is 2.63. The van der Waals surface area contributed by atoms with Crippen molar-refractivity contribution >= 4 is 11.6 Å². The zero-order valence-corrected chi connectivity index (χ0v) is 18.9. The molecule has 0 unspecified atom stereocenters. The average molecular weight is 426 g/mol. The van der Waals surface area contributed by atoms with Gasteiger partial charge in [-0.3, -0.25) is 9.78 Å². The van der Waals surface area contributed by atoms with Crippen LogP contribution in [0.25, 0.3) is 11.1 Å². The summed E-state index contributed by atoms with van der Waals surface area (Å²) in [5.74, 6) is -0.108. The van der Waals surface area contributed by atoms with Crippen molar-refractivity contribution in [2.75, 3.05) is 18.0 Å². The minimum Gasteiger partial charge on any atom is -0.372 e. The highest BCUT2D eigenvalue weighted by Gasteiger charge is 2.27. The van der Waals surface area contributed by atoms with Crippen molar-refractivity contribution in [2.45, 2.75) is 65.7 Å². The van der Waals surface area contributed by atoms with Crippen LogP contribution in [0.1, 0.15) is 50.1 Å². The number of morpholine rings is 1. The summed E-state index contributed by atoms with van der Waals surface area (Å²) in [4.78, 5) is 19.1. The van der Waals surface area contributed by atoms with Crippen LogP contribution in [-0.2, 0) is 16.1 Å². The highest BCUT2D eigenvalue weighted by Crippen LogP contribution is 2.33. The molecular weight excluding hydrogens is 393 g/mol. The Hall–Kier alpha value is -2.47. The number of ether oxygens (including phenoxy) is 1. The van der Waals surface area contributed by atoms with Crippen LogP contribution in [0.5, 0.6) is 0 Å². The number of rotatable bonds is 5. The highest BCUT2D eigenvalue weighted by molar-refractivity contribution is 5.80. The lowest BCUT2D eigenvalue weighted by atomic mass is 9.85. The number of anilines is 1. The molecule has 2 atom stereocenters. The van der Waals surface area contributed by atoms with E-state index in [0.29, 0.717) is 25.2 Å². The highest BCUT2D eigenvalue weighted by atomic mass is 19.1. The third kappa shape index (κ3) is 4.90. The van der Waals surface area contributed by atoms with Crippen molar-refractivity contribution in [2.24, 2.45) is 5.92 Å². The number of hydrogen-bond donors (Lipinski definition) is 1. The van der Waals surface area contributed by atoms with Crippen molar-refractivity contribution < 1.29 is 13.9 Å². The zero-order chi connectivity index (χ0) is 22.1. The van der Waals surface area contributed by atoms with Crippen LogP contribution >= 0.6 is 0 Å². The number of nitrogens with one attached hydrogen (secondary N) is 1. The summed E-state index contributed by atoms with van der Waals surface area (Å²) >= 11 is 0. The molecule has 1 aliphatic carbocycles. The van der Waals surface area contributed by atoms with Gasteiger partial charge in [-0.15, -0.1) is 0 Å². The Kier molecular flexibility index (Phi) is 6.28. The van der Waals surface area contributed by atoms with Crippen LogP contribution < -0.4 is 10.2 Å². The first-order chi connectivity index (χ1) is 14.8. The van der Waals surface area contributed by atoms with Crippen LogP contribution in [0, 0.1) is 25.6 Å². The Morgan fingerprint density at radius 3 is 2.35 bits per heavy atom. The number of nitrogens with zero attached hydrogens (tertiary/aromatic N) is 2. The summed E-state index contributed by atoms with van der Waals surface area (Å²) in [5.41, 5.74) is 4.65. The maximum Gasteiger partial charge on any atom is 0.223 e. The number of carbonyl (C=O) groups is 1. The molecule has 0 radical (unpaired) electrons. The maximum atomic E-state index is 15.6. The molecule has 5 nitrogen and oxygen atoms in total. The Bertz CT molecular complexity index is 943. The van der Waals surface area contributed by atoms with Crippen molar-refractivity contribution in [3.63, 3.8) is 0 Å². The molecule has 1 aromatic heterocycles. The fourth-order valence-corrected chi connectivity index (χ4v) is 4.66. The van der Waals surface area contributed by atoms with Crippen LogP contribution in [0.3, 0.4) is 0 Å². The van der Waals surface area contributed by atoms with Crippen molar-refractivity contribution in [3.05, 3.63) is 47.0 Å². The van der Waals surface area contributed by atoms with E-state index in [0.717, 1.165) is 47.5 Å². The molecule has 0 spiro atoms. The van der Waals surface area contributed by atoms with Gasteiger partial charge in [0.25, 0.3) is 0 Å². The first kappa shape index (κ1) is 21.8. The molecule has 6 heteroatoms. The normalized spacial score (nSPS) is 21.6. The number of aryl methyl sites for hydroxylation is 2. The number of aromatic nitrogens is 1. The molecule has 166 valence electrons. The third-order valence-electron chi connectivity index (χ3n) is 6.24. The summed E-state index contributed by atoms with van der Waals surface area (Å²) in [7, 11) is 0. The topological polar surface area (TPSA) is 54.5 Å². The van der Waals surface area contributed by atoms with Crippen molar-refractivity contribution in [1.82, 2.24) is 10.3 Å². The number of amides is 1. The maximum absolute atomic E-state index is 15.6. The predicted octanol–water partition coefficient (Wildman–Crippen LogP) is 4.53. The number of hydrogen-bond acceptors (Lipinski definition) is 4. The fraction of sp³-hybridized carbons (Fsp3) is 0.520. The molecule has 1 N–H and O–H groups in total. The standard InChI is InChI=1S/C25H32FN3O2/c1-15-8-20(9-16(2)28-15)24-21(12-27-25(30)19-6-5-7-19)10-22(11-23(24)26)29-13-17(3)31-18(4)14-29/h8-11,17-19H,5-7,12-14H2,1-4H3,(H,27,30)/t17-,18+. The largest absolute Gasteiger partial charge is 0.372 e. The minimum atomic E-state index is -0.276. The summed E-state index contributed by atoms with van der Waals surface area (Å²) in [5, 5.41) is 3.05. The molecule has 2 aliphatic rings. The summed E-state index contributed by atoms with van der Waals surface area (Å²) in [6.45, 7) is 9.64. The van der Waals surface area contributed by atoms with Gasteiger partial charge in [0.1, 0.15) is 5.82 Å². The minimum absolute atomic E-state index is 0.0683. The molecule has 1 aromatic carbocycles. The molecule has 1 saturated carbocycles. The third-order valence-corrected chi connectivity index (χ3v) is 6.24. The fourth-order valence-electron chi connectivity index (χ4n) is 4.66. The van der Waals surface area contributed by atoms with Gasteiger partial charge in [0.2, 0.25) is 5.91 Å². The molecule has 1 amide bonds. The molecule has 0 bridgehead atoms. The lowest BCUT2D eigenvalue weighted by Gasteiger charge is -2.37. The number of benzene rings is 1. The molecule has 1 aliphatic heterocycles. The second-order valence-corrected chi connectivity index (χ2v) is 9.11. The Labute approximate surface area is 184 Å². The molecule has 1 saturated heterocycles. The van der Waals surface area contributed by atoms with E-state index in [-0.39, 0.29) is 29.9 Å². The van der Waals surface area contributed by atoms with Crippen molar-refractivity contribution in [3.8, 4) is 11.1 Å². The molecule has 31 heavy (non-hydrogen) atoms. The Morgan fingerprint density at radius 1 is 1.13 bits per heavy atom. The number of halogens is 1.